The van der Waals surface area contributed by atoms with Gasteiger partial charge in [-0.3, -0.25) is 0 Å². The van der Waals surface area contributed by atoms with Crippen LogP contribution >= 0.6 is 24.0 Å². The summed E-state index contributed by atoms with van der Waals surface area (Å²) in [6.07, 6.45) is 2.20. The summed E-state index contributed by atoms with van der Waals surface area (Å²) in [5, 5.41) is 4.47. The van der Waals surface area contributed by atoms with Crippen molar-refractivity contribution in [1.82, 2.24) is 5.32 Å². The van der Waals surface area contributed by atoms with Crippen molar-refractivity contribution in [3.8, 4) is 11.1 Å². The number of hydrogen-bond donors (Lipinski definition) is 1. The highest BCUT2D eigenvalue weighted by Gasteiger charge is 2.28. The third kappa shape index (κ3) is 1.97. The van der Waals surface area contributed by atoms with Crippen LogP contribution in [0.2, 0.25) is 5.02 Å². The van der Waals surface area contributed by atoms with Gasteiger partial charge in [0, 0.05) is 11.1 Å². The lowest BCUT2D eigenvalue weighted by Crippen LogP contribution is -2.33. The van der Waals surface area contributed by atoms with E-state index in [2.05, 4.69) is 35.6 Å². The van der Waals surface area contributed by atoms with E-state index in [4.69, 9.17) is 11.6 Å². The highest BCUT2D eigenvalue weighted by molar-refractivity contribution is 6.30. The fourth-order valence-corrected chi connectivity index (χ4v) is 3.54. The molecule has 4 rings (SSSR count). The molecule has 1 aliphatic heterocycles. The molecule has 1 heterocycles. The molecule has 0 fully saturated rings. The molecule has 0 amide bonds. The normalized spacial score (nSPS) is 19.1. The molecule has 1 nitrogen and oxygen atoms in total. The van der Waals surface area contributed by atoms with Crippen LogP contribution in [0.3, 0.4) is 0 Å². The Labute approximate surface area is 124 Å². The van der Waals surface area contributed by atoms with Crippen LogP contribution in [-0.4, -0.2) is 6.54 Å². The van der Waals surface area contributed by atoms with Crippen molar-refractivity contribution in [2.75, 3.05) is 6.54 Å². The fourth-order valence-electron chi connectivity index (χ4n) is 3.35. The van der Waals surface area contributed by atoms with Gasteiger partial charge in [-0.2, -0.15) is 0 Å². The third-order valence-electron chi connectivity index (χ3n) is 4.11. The van der Waals surface area contributed by atoms with Gasteiger partial charge in [-0.25, -0.2) is 0 Å². The van der Waals surface area contributed by atoms with E-state index in [0.717, 1.165) is 24.4 Å². The smallest absolute Gasteiger partial charge is 0.0409 e. The monoisotopic (exact) mass is 291 g/mol. The Morgan fingerprint density at radius 3 is 2.84 bits per heavy atom. The molecule has 0 bridgehead atoms. The van der Waals surface area contributed by atoms with Crippen molar-refractivity contribution in [3.05, 3.63) is 58.1 Å². The average molecular weight is 292 g/mol. The second kappa shape index (κ2) is 4.82. The van der Waals surface area contributed by atoms with E-state index < -0.39 is 0 Å². The zero-order valence-electron chi connectivity index (χ0n) is 10.4. The first kappa shape index (κ1) is 13.0. The minimum absolute atomic E-state index is 0. The molecule has 98 valence electrons. The Morgan fingerprint density at radius 1 is 1.05 bits per heavy atom. The van der Waals surface area contributed by atoms with Gasteiger partial charge in [-0.1, -0.05) is 35.9 Å². The molecular formula is C16H15Cl2N. The summed E-state index contributed by atoms with van der Waals surface area (Å²) in [4.78, 5) is 0. The lowest BCUT2D eigenvalue weighted by Gasteiger charge is -2.34. The first-order chi connectivity index (χ1) is 8.83. The minimum atomic E-state index is 0. The minimum Gasteiger partial charge on any atom is -0.309 e. The number of hydrogen-bond acceptors (Lipinski definition) is 1. The van der Waals surface area contributed by atoms with Crippen LogP contribution in [0.25, 0.3) is 11.1 Å². The number of rotatable bonds is 0. The van der Waals surface area contributed by atoms with Gasteiger partial charge >= 0.3 is 0 Å². The molecule has 3 heteroatoms. The Hall–Kier alpha value is -1.02. The number of nitrogens with one attached hydrogen (secondary N) is 1. The standard InChI is InChI=1S/C16H14ClN.ClH/c17-12-4-5-13-11(8-12)9-15-16-10(6-7-18-15)2-1-3-14(13)16;/h1-5,8,15,18H,6-7,9H2;1H. The second-order valence-electron chi connectivity index (χ2n) is 5.14. The summed E-state index contributed by atoms with van der Waals surface area (Å²) in [6, 6.07) is 13.4. The van der Waals surface area contributed by atoms with Crippen LogP contribution in [0.1, 0.15) is 22.7 Å². The predicted molar refractivity (Wildman–Crippen MR) is 82.3 cm³/mol. The van der Waals surface area contributed by atoms with Gasteiger partial charge < -0.3 is 5.32 Å². The molecule has 1 unspecified atom stereocenters. The number of halogens is 2. The first-order valence-electron chi connectivity index (χ1n) is 6.47. The lowest BCUT2D eigenvalue weighted by molar-refractivity contribution is 0.499. The van der Waals surface area contributed by atoms with E-state index >= 15 is 0 Å². The summed E-state index contributed by atoms with van der Waals surface area (Å²) < 4.78 is 0. The lowest BCUT2D eigenvalue weighted by atomic mass is 9.78. The molecule has 2 aromatic carbocycles. The third-order valence-corrected chi connectivity index (χ3v) is 4.35. The topological polar surface area (TPSA) is 12.0 Å². The largest absolute Gasteiger partial charge is 0.309 e. The van der Waals surface area contributed by atoms with Crippen molar-refractivity contribution in [1.29, 1.82) is 0 Å². The van der Waals surface area contributed by atoms with Crippen molar-refractivity contribution >= 4 is 24.0 Å². The van der Waals surface area contributed by atoms with Gasteiger partial charge in [-0.15, -0.1) is 12.4 Å². The van der Waals surface area contributed by atoms with Gasteiger partial charge in [0.2, 0.25) is 0 Å². The molecule has 19 heavy (non-hydrogen) atoms. The van der Waals surface area contributed by atoms with E-state index in [1.54, 1.807) is 0 Å². The molecule has 0 saturated heterocycles. The maximum Gasteiger partial charge on any atom is 0.0409 e. The van der Waals surface area contributed by atoms with Gasteiger partial charge in [0.15, 0.2) is 0 Å². The average Bonchev–Trinajstić information content (AvgIpc) is 2.39. The van der Waals surface area contributed by atoms with E-state index in [9.17, 15) is 0 Å². The highest BCUT2D eigenvalue weighted by Crippen LogP contribution is 2.42. The van der Waals surface area contributed by atoms with Crippen LogP contribution in [0, 0.1) is 0 Å². The van der Waals surface area contributed by atoms with Crippen LogP contribution in [-0.2, 0) is 12.8 Å². The van der Waals surface area contributed by atoms with Crippen LogP contribution in [0.5, 0.6) is 0 Å². The van der Waals surface area contributed by atoms with Crippen molar-refractivity contribution in [2.45, 2.75) is 18.9 Å². The Morgan fingerprint density at radius 2 is 1.95 bits per heavy atom. The Bertz CT molecular complexity index is 637. The van der Waals surface area contributed by atoms with E-state index in [1.807, 2.05) is 6.07 Å². The molecule has 0 spiro atoms. The zero-order chi connectivity index (χ0) is 12.1. The predicted octanol–water partition coefficient (Wildman–Crippen LogP) is 4.17. The van der Waals surface area contributed by atoms with Crippen LogP contribution in [0.15, 0.2) is 36.4 Å². The molecule has 0 aromatic heterocycles. The SMILES string of the molecule is Cl.Clc1ccc2c(c1)CC1NCCc3cccc-2c31. The zero-order valence-corrected chi connectivity index (χ0v) is 12.0. The summed E-state index contributed by atoms with van der Waals surface area (Å²) in [5.41, 5.74) is 7.14. The Balaban J connectivity index is 0.00000110. The van der Waals surface area contributed by atoms with Gasteiger partial charge in [0.1, 0.15) is 0 Å². The van der Waals surface area contributed by atoms with Gasteiger partial charge in [0.25, 0.3) is 0 Å². The van der Waals surface area contributed by atoms with Crippen LogP contribution < -0.4 is 5.32 Å². The van der Waals surface area contributed by atoms with E-state index in [1.165, 1.54) is 27.8 Å². The van der Waals surface area contributed by atoms with Crippen molar-refractivity contribution in [3.63, 3.8) is 0 Å². The first-order valence-corrected chi connectivity index (χ1v) is 6.85. The summed E-state index contributed by atoms with van der Waals surface area (Å²) in [6.45, 7) is 1.08. The summed E-state index contributed by atoms with van der Waals surface area (Å²) in [5.74, 6) is 0. The highest BCUT2D eigenvalue weighted by atomic mass is 35.5. The molecule has 2 aliphatic rings. The molecule has 1 atom stereocenters. The maximum absolute atomic E-state index is 6.12. The quantitative estimate of drug-likeness (QED) is 0.768. The van der Waals surface area contributed by atoms with Crippen LogP contribution in [0.4, 0.5) is 0 Å². The summed E-state index contributed by atoms with van der Waals surface area (Å²) >= 11 is 6.12. The molecule has 1 aliphatic carbocycles. The van der Waals surface area contributed by atoms with E-state index in [-0.39, 0.29) is 12.4 Å². The molecule has 0 saturated carbocycles. The molecule has 1 N–H and O–H groups in total. The maximum atomic E-state index is 6.12. The van der Waals surface area contributed by atoms with E-state index in [0.29, 0.717) is 6.04 Å². The molecular weight excluding hydrogens is 277 g/mol. The number of benzene rings is 2. The van der Waals surface area contributed by atoms with Gasteiger partial charge in [0.05, 0.1) is 0 Å². The Kier molecular flexibility index (Phi) is 3.30. The molecule has 0 radical (unpaired) electrons. The van der Waals surface area contributed by atoms with Gasteiger partial charge in [-0.05, 0) is 59.3 Å². The number of fused-ring (bicyclic) bond motifs is 2. The molecule has 2 aromatic rings. The summed E-state index contributed by atoms with van der Waals surface area (Å²) in [7, 11) is 0. The second-order valence-corrected chi connectivity index (χ2v) is 5.58. The fraction of sp³-hybridized carbons (Fsp3) is 0.250. The van der Waals surface area contributed by atoms with Crippen molar-refractivity contribution < 1.29 is 0 Å². The van der Waals surface area contributed by atoms with Crippen molar-refractivity contribution in [2.24, 2.45) is 0 Å².